The van der Waals surface area contributed by atoms with Crippen LogP contribution < -0.4 is 9.64 Å². The summed E-state index contributed by atoms with van der Waals surface area (Å²) < 4.78 is 7.57. The van der Waals surface area contributed by atoms with Gasteiger partial charge >= 0.3 is 0 Å². The zero-order valence-corrected chi connectivity index (χ0v) is 21.7. The molecular weight excluding hydrogens is 506 g/mol. The Morgan fingerprint density at radius 3 is 2.22 bits per heavy atom. The normalized spacial score (nSPS) is 14.4. The van der Waals surface area contributed by atoms with E-state index in [4.69, 9.17) is 4.74 Å². The molecule has 0 unspecified atom stereocenters. The maximum Gasteiger partial charge on any atom is 0.152 e. The molecule has 2 nitrogen and oxygen atoms in total. The van der Waals surface area contributed by atoms with Crippen molar-refractivity contribution in [2.75, 3.05) is 4.90 Å². The minimum atomic E-state index is -0.0872. The number of fused-ring (bicyclic) bond motifs is 5. The van der Waals surface area contributed by atoms with Gasteiger partial charge in [-0.05, 0) is 75.8 Å². The van der Waals surface area contributed by atoms with Gasteiger partial charge in [-0.25, -0.2) is 0 Å². The van der Waals surface area contributed by atoms with Crippen LogP contribution in [0.4, 0.5) is 17.1 Å². The summed E-state index contributed by atoms with van der Waals surface area (Å²) in [5.41, 5.74) is 10.7. The van der Waals surface area contributed by atoms with Crippen molar-refractivity contribution in [2.45, 2.75) is 19.3 Å². The first kappa shape index (κ1) is 21.5. The molecule has 0 aromatic heterocycles. The zero-order chi connectivity index (χ0) is 24.4. The summed E-state index contributed by atoms with van der Waals surface area (Å²) in [4.78, 5) is 2.34. The van der Waals surface area contributed by atoms with Gasteiger partial charge in [0.15, 0.2) is 11.5 Å². The number of ether oxygens (including phenoxy) is 1. The lowest BCUT2D eigenvalue weighted by Gasteiger charge is -2.34. The quantitative estimate of drug-likeness (QED) is 0.221. The van der Waals surface area contributed by atoms with E-state index in [-0.39, 0.29) is 5.41 Å². The Balaban J connectivity index is 1.47. The fourth-order valence-electron chi connectivity index (χ4n) is 5.73. The molecule has 0 radical (unpaired) electrons. The molecule has 0 atom stereocenters. The molecule has 0 fully saturated rings. The second kappa shape index (κ2) is 7.84. The second-order valence-corrected chi connectivity index (χ2v) is 10.9. The van der Waals surface area contributed by atoms with Crippen LogP contribution >= 0.6 is 15.9 Å². The lowest BCUT2D eigenvalue weighted by molar-refractivity contribution is 0.476. The predicted octanol–water partition coefficient (Wildman–Crippen LogP) is 10.00. The number of para-hydroxylation sites is 2. The van der Waals surface area contributed by atoms with E-state index in [0.29, 0.717) is 0 Å². The number of rotatable bonds is 2. The Morgan fingerprint density at radius 1 is 0.611 bits per heavy atom. The molecule has 0 bridgehead atoms. The highest BCUT2D eigenvalue weighted by Crippen LogP contribution is 2.57. The molecule has 36 heavy (non-hydrogen) atoms. The standard InChI is InChI=1S/C33H24BrNO/c1-33(2)27-13-7-6-12-25(27)26-19-32-30(20-28(26)33)35(29-14-8-9-15-31(29)36-32)24-17-22(16-23(34)18-24)21-10-4-3-5-11-21/h3-20H,1-2H3. The number of hydrogen-bond donors (Lipinski definition) is 0. The lowest BCUT2D eigenvalue weighted by atomic mass is 9.82. The number of nitrogens with zero attached hydrogens (tertiary/aromatic N) is 1. The highest BCUT2D eigenvalue weighted by Gasteiger charge is 2.38. The van der Waals surface area contributed by atoms with Crippen molar-refractivity contribution in [3.8, 4) is 33.8 Å². The summed E-state index contributed by atoms with van der Waals surface area (Å²) >= 11 is 3.79. The van der Waals surface area contributed by atoms with Gasteiger partial charge in [-0.1, -0.05) is 96.5 Å². The van der Waals surface area contributed by atoms with E-state index < -0.39 is 0 Å². The molecule has 0 spiro atoms. The Labute approximate surface area is 219 Å². The van der Waals surface area contributed by atoms with Crippen LogP contribution in [0.2, 0.25) is 0 Å². The van der Waals surface area contributed by atoms with Crippen molar-refractivity contribution in [3.05, 3.63) is 125 Å². The van der Waals surface area contributed by atoms with Crippen molar-refractivity contribution in [3.63, 3.8) is 0 Å². The topological polar surface area (TPSA) is 12.5 Å². The van der Waals surface area contributed by atoms with Crippen LogP contribution in [0.15, 0.2) is 114 Å². The fourth-order valence-corrected chi connectivity index (χ4v) is 6.21. The van der Waals surface area contributed by atoms with E-state index in [1.54, 1.807) is 0 Å². The van der Waals surface area contributed by atoms with Crippen molar-refractivity contribution < 1.29 is 4.74 Å². The van der Waals surface area contributed by atoms with Gasteiger partial charge in [-0.3, -0.25) is 0 Å². The van der Waals surface area contributed by atoms with Crippen molar-refractivity contribution >= 4 is 33.0 Å². The molecule has 3 heteroatoms. The van der Waals surface area contributed by atoms with Gasteiger partial charge in [0.25, 0.3) is 0 Å². The molecule has 0 saturated carbocycles. The molecule has 1 aliphatic carbocycles. The predicted molar refractivity (Wildman–Crippen MR) is 152 cm³/mol. The number of benzene rings is 5. The molecule has 1 heterocycles. The molecule has 5 aromatic carbocycles. The van der Waals surface area contributed by atoms with Gasteiger partial charge in [0.1, 0.15) is 0 Å². The Bertz CT molecular complexity index is 1650. The van der Waals surface area contributed by atoms with Gasteiger partial charge in [0.05, 0.1) is 11.4 Å². The summed E-state index contributed by atoms with van der Waals surface area (Å²) in [6.07, 6.45) is 0. The van der Waals surface area contributed by atoms with E-state index in [2.05, 4.69) is 132 Å². The van der Waals surface area contributed by atoms with Crippen LogP contribution in [0.5, 0.6) is 11.5 Å². The average molecular weight is 530 g/mol. The Kier molecular flexibility index (Phi) is 4.67. The summed E-state index contributed by atoms with van der Waals surface area (Å²) in [6, 6.07) is 38.7. The second-order valence-electron chi connectivity index (χ2n) is 10.0. The molecule has 7 rings (SSSR count). The smallest absolute Gasteiger partial charge is 0.152 e. The van der Waals surface area contributed by atoms with Gasteiger partial charge in [-0.2, -0.15) is 0 Å². The zero-order valence-electron chi connectivity index (χ0n) is 20.1. The molecule has 0 amide bonds. The summed E-state index contributed by atoms with van der Waals surface area (Å²) in [6.45, 7) is 4.64. The van der Waals surface area contributed by atoms with Crippen molar-refractivity contribution in [1.82, 2.24) is 0 Å². The lowest BCUT2D eigenvalue weighted by Crippen LogP contribution is -2.19. The third-order valence-corrected chi connectivity index (χ3v) is 7.94. The minimum absolute atomic E-state index is 0.0872. The van der Waals surface area contributed by atoms with Gasteiger partial charge in [0, 0.05) is 15.6 Å². The van der Waals surface area contributed by atoms with Crippen LogP contribution in [0, 0.1) is 0 Å². The van der Waals surface area contributed by atoms with Crippen molar-refractivity contribution in [1.29, 1.82) is 0 Å². The van der Waals surface area contributed by atoms with E-state index in [9.17, 15) is 0 Å². The first-order valence-corrected chi connectivity index (χ1v) is 13.0. The van der Waals surface area contributed by atoms with E-state index in [0.717, 1.165) is 33.0 Å². The minimum Gasteiger partial charge on any atom is -0.453 e. The molecular formula is C33H24BrNO. The third-order valence-electron chi connectivity index (χ3n) is 7.48. The van der Waals surface area contributed by atoms with E-state index in [1.807, 2.05) is 12.1 Å². The SMILES string of the molecule is CC1(C)c2ccccc2-c2cc3c(cc21)N(c1cc(Br)cc(-c2ccccc2)c1)c1ccccc1O3. The number of halogens is 1. The molecule has 174 valence electrons. The van der Waals surface area contributed by atoms with Crippen LogP contribution in [-0.4, -0.2) is 0 Å². The first-order valence-electron chi connectivity index (χ1n) is 12.2. The van der Waals surface area contributed by atoms with Gasteiger partial charge in [0.2, 0.25) is 0 Å². The monoisotopic (exact) mass is 529 g/mol. The largest absolute Gasteiger partial charge is 0.453 e. The van der Waals surface area contributed by atoms with Crippen LogP contribution in [-0.2, 0) is 5.41 Å². The summed E-state index contributed by atoms with van der Waals surface area (Å²) in [5.74, 6) is 1.73. The molecule has 5 aromatic rings. The maximum atomic E-state index is 6.53. The molecule has 1 aliphatic heterocycles. The summed E-state index contributed by atoms with van der Waals surface area (Å²) in [5, 5.41) is 0. The van der Waals surface area contributed by atoms with E-state index in [1.165, 1.54) is 33.4 Å². The molecule has 2 aliphatic rings. The third kappa shape index (κ3) is 3.16. The van der Waals surface area contributed by atoms with Crippen molar-refractivity contribution in [2.24, 2.45) is 0 Å². The average Bonchev–Trinajstić information content (AvgIpc) is 3.12. The molecule has 0 saturated heterocycles. The Hall–Kier alpha value is -3.82. The van der Waals surface area contributed by atoms with Gasteiger partial charge < -0.3 is 9.64 Å². The fraction of sp³-hybridized carbons (Fsp3) is 0.0909. The summed E-state index contributed by atoms with van der Waals surface area (Å²) in [7, 11) is 0. The highest BCUT2D eigenvalue weighted by molar-refractivity contribution is 9.10. The van der Waals surface area contributed by atoms with Crippen LogP contribution in [0.25, 0.3) is 22.3 Å². The number of hydrogen-bond acceptors (Lipinski definition) is 2. The van der Waals surface area contributed by atoms with Crippen LogP contribution in [0.1, 0.15) is 25.0 Å². The first-order chi connectivity index (χ1) is 17.5. The number of anilines is 3. The Morgan fingerprint density at radius 2 is 1.36 bits per heavy atom. The molecule has 0 N–H and O–H groups in total. The highest BCUT2D eigenvalue weighted by atomic mass is 79.9. The van der Waals surface area contributed by atoms with Gasteiger partial charge in [-0.15, -0.1) is 0 Å². The van der Waals surface area contributed by atoms with Crippen LogP contribution in [0.3, 0.4) is 0 Å². The van der Waals surface area contributed by atoms with E-state index >= 15 is 0 Å². The maximum absolute atomic E-state index is 6.53.